The maximum Gasteiger partial charge on any atom is 0.244 e. The molecule has 0 spiro atoms. The molecule has 0 aliphatic heterocycles. The van der Waals surface area contributed by atoms with Gasteiger partial charge in [-0.05, 0) is 37.1 Å². The molecule has 0 amide bonds. The third kappa shape index (κ3) is 4.93. The molecule has 0 radical (unpaired) electrons. The molecule has 2 unspecified atom stereocenters. The van der Waals surface area contributed by atoms with Crippen LogP contribution in [0, 0.1) is 5.21 Å². The van der Waals surface area contributed by atoms with Gasteiger partial charge in [-0.25, -0.2) is 0 Å². The average molecular weight is 308 g/mol. The van der Waals surface area contributed by atoms with Crippen LogP contribution in [0.5, 0.6) is 0 Å². The summed E-state index contributed by atoms with van der Waals surface area (Å²) in [6.07, 6.45) is -0.0777. The van der Waals surface area contributed by atoms with Crippen molar-refractivity contribution in [2.45, 2.75) is 64.9 Å². The second kappa shape index (κ2) is 6.71. The molecule has 4 nitrogen and oxygen atoms in total. The van der Waals surface area contributed by atoms with Gasteiger partial charge in [0, 0.05) is 12.1 Å². The van der Waals surface area contributed by atoms with Crippen LogP contribution in [0.15, 0.2) is 35.4 Å². The zero-order valence-corrected chi connectivity index (χ0v) is 15.3. The summed E-state index contributed by atoms with van der Waals surface area (Å²) in [5.74, 6) is 0. The van der Waals surface area contributed by atoms with E-state index in [1.807, 2.05) is 32.0 Å². The Morgan fingerprint density at radius 2 is 1.67 bits per heavy atom. The summed E-state index contributed by atoms with van der Waals surface area (Å²) >= 11 is 0. The van der Waals surface area contributed by atoms with Crippen LogP contribution in [0.1, 0.15) is 34.6 Å². The SMILES string of the molecule is CC(N=[N+]([O-])c1ccccc1)C(C)O[Si](C)(C)C(C)(C)C. The lowest BCUT2D eigenvalue weighted by Crippen LogP contribution is -2.45. The van der Waals surface area contributed by atoms with Gasteiger partial charge in [0.1, 0.15) is 6.04 Å². The van der Waals surface area contributed by atoms with Gasteiger partial charge in [-0.3, -0.25) is 0 Å². The van der Waals surface area contributed by atoms with Crippen LogP contribution < -0.4 is 0 Å². The average Bonchev–Trinajstić information content (AvgIpc) is 2.37. The Morgan fingerprint density at radius 3 is 2.14 bits per heavy atom. The Bertz CT molecular complexity index is 481. The second-order valence-corrected chi connectivity index (χ2v) is 11.8. The van der Waals surface area contributed by atoms with E-state index < -0.39 is 8.32 Å². The van der Waals surface area contributed by atoms with E-state index in [-0.39, 0.29) is 17.2 Å². The molecule has 0 bridgehead atoms. The number of nitrogens with zero attached hydrogens (tertiary/aromatic N) is 2. The summed E-state index contributed by atoms with van der Waals surface area (Å²) in [7, 11) is -1.84. The highest BCUT2D eigenvalue weighted by Gasteiger charge is 2.39. The molecule has 21 heavy (non-hydrogen) atoms. The fourth-order valence-corrected chi connectivity index (χ4v) is 3.10. The van der Waals surface area contributed by atoms with E-state index in [0.29, 0.717) is 10.5 Å². The van der Waals surface area contributed by atoms with Crippen LogP contribution in [0.3, 0.4) is 0 Å². The molecule has 1 aromatic rings. The summed E-state index contributed by atoms with van der Waals surface area (Å²) < 4.78 is 6.28. The minimum atomic E-state index is -1.84. The van der Waals surface area contributed by atoms with E-state index in [4.69, 9.17) is 4.43 Å². The maximum absolute atomic E-state index is 12.0. The highest BCUT2D eigenvalue weighted by molar-refractivity contribution is 6.74. The first-order valence-corrected chi connectivity index (χ1v) is 10.4. The molecule has 0 saturated heterocycles. The number of azo groups is 1. The standard InChI is InChI=1S/C16H28N2O2Si/c1-13(14(2)20-21(6,7)16(3,4)5)17-18(19)15-11-9-8-10-12-15/h8-14H,1-7H3. The van der Waals surface area contributed by atoms with Crippen molar-refractivity contribution in [1.29, 1.82) is 0 Å². The third-order valence-electron chi connectivity index (χ3n) is 4.23. The monoisotopic (exact) mass is 308 g/mol. The molecule has 2 atom stereocenters. The Hall–Kier alpha value is -1.20. The van der Waals surface area contributed by atoms with E-state index in [2.05, 4.69) is 39.0 Å². The van der Waals surface area contributed by atoms with Crippen LogP contribution >= 0.6 is 0 Å². The molecule has 1 aromatic carbocycles. The second-order valence-electron chi connectivity index (χ2n) is 7.05. The largest absolute Gasteiger partial charge is 0.594 e. The Balaban J connectivity index is 2.78. The van der Waals surface area contributed by atoms with Crippen molar-refractivity contribution in [1.82, 2.24) is 0 Å². The molecular weight excluding hydrogens is 280 g/mol. The van der Waals surface area contributed by atoms with Gasteiger partial charge in [0.2, 0.25) is 5.69 Å². The molecule has 0 N–H and O–H groups in total. The molecule has 0 heterocycles. The summed E-state index contributed by atoms with van der Waals surface area (Å²) in [6.45, 7) is 15.0. The maximum atomic E-state index is 12.0. The first-order chi connectivity index (χ1) is 9.54. The van der Waals surface area contributed by atoms with Crippen LogP contribution in [-0.2, 0) is 4.43 Å². The van der Waals surface area contributed by atoms with Crippen molar-refractivity contribution in [3.05, 3.63) is 35.5 Å². The lowest BCUT2D eigenvalue weighted by Gasteiger charge is -2.38. The fraction of sp³-hybridized carbons (Fsp3) is 0.625. The highest BCUT2D eigenvalue weighted by Crippen LogP contribution is 2.37. The molecule has 1 rings (SSSR count). The molecule has 0 fully saturated rings. The summed E-state index contributed by atoms with van der Waals surface area (Å²) in [5, 5.41) is 16.4. The van der Waals surface area contributed by atoms with Gasteiger partial charge in [0.05, 0.1) is 6.10 Å². The van der Waals surface area contributed by atoms with Crippen LogP contribution in [0.2, 0.25) is 18.1 Å². The summed E-state index contributed by atoms with van der Waals surface area (Å²) in [4.78, 5) is 0.691. The Kier molecular flexibility index (Phi) is 5.70. The predicted octanol–water partition coefficient (Wildman–Crippen LogP) is 5.08. The van der Waals surface area contributed by atoms with E-state index in [1.165, 1.54) is 0 Å². The number of benzene rings is 1. The number of rotatable bonds is 5. The van der Waals surface area contributed by atoms with Gasteiger partial charge in [0.15, 0.2) is 8.32 Å². The van der Waals surface area contributed by atoms with Crippen LogP contribution in [0.25, 0.3) is 0 Å². The van der Waals surface area contributed by atoms with Gasteiger partial charge >= 0.3 is 0 Å². The third-order valence-corrected chi connectivity index (χ3v) is 8.80. The van der Waals surface area contributed by atoms with Crippen molar-refractivity contribution in [3.63, 3.8) is 0 Å². The zero-order valence-electron chi connectivity index (χ0n) is 14.3. The molecule has 0 aliphatic carbocycles. The summed E-state index contributed by atoms with van der Waals surface area (Å²) in [6, 6.07) is 8.86. The van der Waals surface area contributed by atoms with Crippen LogP contribution in [0.4, 0.5) is 5.69 Å². The van der Waals surface area contributed by atoms with Crippen molar-refractivity contribution in [3.8, 4) is 0 Å². The minimum Gasteiger partial charge on any atom is -0.594 e. The lowest BCUT2D eigenvalue weighted by molar-refractivity contribution is -0.447. The number of hydrogen-bond acceptors (Lipinski definition) is 3. The van der Waals surface area contributed by atoms with Crippen molar-refractivity contribution < 1.29 is 9.29 Å². The Morgan fingerprint density at radius 1 is 1.14 bits per heavy atom. The topological polar surface area (TPSA) is 47.7 Å². The highest BCUT2D eigenvalue weighted by atomic mass is 28.4. The number of para-hydroxylation sites is 1. The molecule has 0 aromatic heterocycles. The fourth-order valence-electron chi connectivity index (χ4n) is 1.62. The van der Waals surface area contributed by atoms with Gasteiger partial charge < -0.3 is 9.63 Å². The quantitative estimate of drug-likeness (QED) is 0.329. The van der Waals surface area contributed by atoms with Crippen molar-refractivity contribution >= 4 is 14.0 Å². The molecular formula is C16H28N2O2Si. The van der Waals surface area contributed by atoms with Crippen molar-refractivity contribution in [2.75, 3.05) is 0 Å². The zero-order chi connectivity index (χ0) is 16.3. The normalized spacial score (nSPS) is 16.6. The van der Waals surface area contributed by atoms with Crippen LogP contribution in [-0.4, -0.2) is 25.3 Å². The Labute approximate surface area is 129 Å². The first kappa shape index (κ1) is 17.8. The van der Waals surface area contributed by atoms with Gasteiger partial charge in [-0.15, -0.1) is 0 Å². The van der Waals surface area contributed by atoms with E-state index in [1.54, 1.807) is 12.1 Å². The van der Waals surface area contributed by atoms with Gasteiger partial charge in [0.25, 0.3) is 0 Å². The molecule has 0 aliphatic rings. The minimum absolute atomic E-state index is 0.0777. The van der Waals surface area contributed by atoms with Crippen molar-refractivity contribution in [2.24, 2.45) is 5.11 Å². The molecule has 0 saturated carbocycles. The smallest absolute Gasteiger partial charge is 0.244 e. The summed E-state index contributed by atoms with van der Waals surface area (Å²) in [5.41, 5.74) is 0.545. The van der Waals surface area contributed by atoms with E-state index >= 15 is 0 Å². The number of hydrogen-bond donors (Lipinski definition) is 0. The van der Waals surface area contributed by atoms with Gasteiger partial charge in [-0.1, -0.05) is 43.8 Å². The van der Waals surface area contributed by atoms with E-state index in [9.17, 15) is 5.21 Å². The van der Waals surface area contributed by atoms with E-state index in [0.717, 1.165) is 0 Å². The molecule has 118 valence electrons. The van der Waals surface area contributed by atoms with Gasteiger partial charge in [-0.2, -0.15) is 0 Å². The first-order valence-electron chi connectivity index (χ1n) is 7.45. The lowest BCUT2D eigenvalue weighted by atomic mass is 10.2. The predicted molar refractivity (Wildman–Crippen MR) is 89.4 cm³/mol. The molecule has 5 heteroatoms.